The first-order valence-corrected chi connectivity index (χ1v) is 8.22. The maximum Gasteiger partial charge on any atom is 0.241 e. The van der Waals surface area contributed by atoms with E-state index in [0.717, 1.165) is 5.69 Å². The highest BCUT2D eigenvalue weighted by Gasteiger charge is 2.21. The molecule has 0 unspecified atom stereocenters. The topological polar surface area (TPSA) is 41.1 Å². The predicted octanol–water partition coefficient (Wildman–Crippen LogP) is 4.65. The molecule has 2 N–H and O–H groups in total. The molecule has 2 rings (SSSR count). The van der Waals surface area contributed by atoms with Gasteiger partial charge in [0, 0.05) is 16.8 Å². The van der Waals surface area contributed by atoms with Crippen molar-refractivity contribution in [1.82, 2.24) is 5.32 Å². The van der Waals surface area contributed by atoms with Crippen LogP contribution in [0.1, 0.15) is 32.4 Å². The number of nitrogens with one attached hydrogen (secondary N) is 2. The molecule has 0 aromatic heterocycles. The van der Waals surface area contributed by atoms with Crippen LogP contribution in [-0.2, 0) is 4.79 Å². The lowest BCUT2D eigenvalue weighted by molar-refractivity contribution is -0.118. The smallest absolute Gasteiger partial charge is 0.241 e. The summed E-state index contributed by atoms with van der Waals surface area (Å²) in [7, 11) is 0. The first-order valence-electron chi connectivity index (χ1n) is 7.85. The summed E-state index contributed by atoms with van der Waals surface area (Å²) in [5.41, 5.74) is 1.93. The third-order valence-corrected chi connectivity index (χ3v) is 4.01. The third kappa shape index (κ3) is 5.08. The van der Waals surface area contributed by atoms with Crippen LogP contribution in [0, 0.1) is 5.92 Å². The molecule has 0 saturated carbocycles. The Balaban J connectivity index is 2.02. The van der Waals surface area contributed by atoms with Gasteiger partial charge in [0.25, 0.3) is 0 Å². The lowest BCUT2D eigenvalue weighted by atomic mass is 9.95. The summed E-state index contributed by atoms with van der Waals surface area (Å²) in [5, 5.41) is 6.98. The molecule has 2 aromatic rings. The molecule has 0 fully saturated rings. The number of anilines is 1. The van der Waals surface area contributed by atoms with Gasteiger partial charge in [0.2, 0.25) is 5.91 Å². The average Bonchev–Trinajstić information content (AvgIpc) is 2.55. The molecule has 0 aliphatic carbocycles. The number of benzene rings is 2. The van der Waals surface area contributed by atoms with Crippen LogP contribution in [0.3, 0.4) is 0 Å². The van der Waals surface area contributed by atoms with Gasteiger partial charge in [-0.05, 0) is 42.7 Å². The van der Waals surface area contributed by atoms with Crippen molar-refractivity contribution in [2.75, 3.05) is 5.32 Å². The van der Waals surface area contributed by atoms with Crippen LogP contribution in [0.5, 0.6) is 0 Å². The molecule has 23 heavy (non-hydrogen) atoms. The summed E-state index contributed by atoms with van der Waals surface area (Å²) in [6.45, 7) is 6.17. The Hall–Kier alpha value is -1.84. The number of amides is 1. The Morgan fingerprint density at radius 3 is 2.13 bits per heavy atom. The van der Waals surface area contributed by atoms with Crippen molar-refractivity contribution in [2.24, 2.45) is 5.92 Å². The predicted molar refractivity (Wildman–Crippen MR) is 96.7 cm³/mol. The molecule has 0 aliphatic rings. The zero-order valence-electron chi connectivity index (χ0n) is 13.7. The maximum absolute atomic E-state index is 12.4. The largest absolute Gasteiger partial charge is 0.325 e. The Kier molecular flexibility index (Phi) is 6.20. The fourth-order valence-corrected chi connectivity index (χ4v) is 2.59. The fourth-order valence-electron chi connectivity index (χ4n) is 2.46. The molecule has 2 aromatic carbocycles. The minimum atomic E-state index is -0.307. The van der Waals surface area contributed by atoms with Gasteiger partial charge in [0.15, 0.2) is 0 Å². The highest BCUT2D eigenvalue weighted by molar-refractivity contribution is 6.30. The van der Waals surface area contributed by atoms with Gasteiger partial charge < -0.3 is 5.32 Å². The van der Waals surface area contributed by atoms with Gasteiger partial charge >= 0.3 is 0 Å². The van der Waals surface area contributed by atoms with Crippen LogP contribution in [0.2, 0.25) is 5.02 Å². The number of halogens is 1. The van der Waals surface area contributed by atoms with Crippen LogP contribution in [0.25, 0.3) is 0 Å². The molecule has 0 radical (unpaired) electrons. The molecule has 122 valence electrons. The molecule has 2 atom stereocenters. The molecule has 1 amide bonds. The standard InChI is InChI=1S/C19H23ClN2O/c1-13(2)18(15-7-5-4-6-8-15)21-14(3)19(23)22-17-11-9-16(20)10-12-17/h4-14,18,21H,1-3H3,(H,22,23)/t14-,18+/m1/s1. The average molecular weight is 331 g/mol. The van der Waals surface area contributed by atoms with Gasteiger partial charge in [-0.3, -0.25) is 10.1 Å². The van der Waals surface area contributed by atoms with Crippen molar-refractivity contribution in [1.29, 1.82) is 0 Å². The highest BCUT2D eigenvalue weighted by atomic mass is 35.5. The van der Waals surface area contributed by atoms with E-state index < -0.39 is 0 Å². The molecule has 0 aliphatic heterocycles. The SMILES string of the molecule is CC(C)[C@H](N[C@H](C)C(=O)Nc1ccc(Cl)cc1)c1ccccc1. The van der Waals surface area contributed by atoms with Crippen LogP contribution < -0.4 is 10.6 Å². The number of hydrogen-bond acceptors (Lipinski definition) is 2. The van der Waals surface area contributed by atoms with Crippen molar-refractivity contribution < 1.29 is 4.79 Å². The maximum atomic E-state index is 12.4. The van der Waals surface area contributed by atoms with Gasteiger partial charge in [0.1, 0.15) is 0 Å². The highest BCUT2D eigenvalue weighted by Crippen LogP contribution is 2.22. The van der Waals surface area contributed by atoms with E-state index in [1.54, 1.807) is 24.3 Å². The van der Waals surface area contributed by atoms with Crippen molar-refractivity contribution in [2.45, 2.75) is 32.9 Å². The molecule has 0 saturated heterocycles. The second kappa shape index (κ2) is 8.14. The molecule has 0 bridgehead atoms. The lowest BCUT2D eigenvalue weighted by Crippen LogP contribution is -2.41. The van der Waals surface area contributed by atoms with Crippen LogP contribution in [0.15, 0.2) is 54.6 Å². The van der Waals surface area contributed by atoms with E-state index in [4.69, 9.17) is 11.6 Å². The van der Waals surface area contributed by atoms with E-state index in [-0.39, 0.29) is 18.0 Å². The van der Waals surface area contributed by atoms with E-state index in [0.29, 0.717) is 10.9 Å². The van der Waals surface area contributed by atoms with Gasteiger partial charge in [-0.2, -0.15) is 0 Å². The molecule has 0 spiro atoms. The minimum absolute atomic E-state index is 0.0612. The third-order valence-electron chi connectivity index (χ3n) is 3.76. The number of rotatable bonds is 6. The van der Waals surface area contributed by atoms with E-state index >= 15 is 0 Å². The van der Waals surface area contributed by atoms with Gasteiger partial charge in [-0.1, -0.05) is 55.8 Å². The minimum Gasteiger partial charge on any atom is -0.325 e. The lowest BCUT2D eigenvalue weighted by Gasteiger charge is -2.26. The quantitative estimate of drug-likeness (QED) is 0.809. The molecular formula is C19H23ClN2O. The Bertz CT molecular complexity index is 626. The van der Waals surface area contributed by atoms with Crippen LogP contribution in [0.4, 0.5) is 5.69 Å². The number of hydrogen-bond donors (Lipinski definition) is 2. The van der Waals surface area contributed by atoms with Gasteiger partial charge in [-0.15, -0.1) is 0 Å². The Morgan fingerprint density at radius 2 is 1.57 bits per heavy atom. The van der Waals surface area contributed by atoms with Crippen LogP contribution >= 0.6 is 11.6 Å². The zero-order chi connectivity index (χ0) is 16.8. The summed E-state index contributed by atoms with van der Waals surface area (Å²) >= 11 is 5.86. The first kappa shape index (κ1) is 17.5. The van der Waals surface area contributed by atoms with Crippen molar-refractivity contribution in [3.05, 3.63) is 65.2 Å². The summed E-state index contributed by atoms with van der Waals surface area (Å²) in [6.07, 6.45) is 0. The Morgan fingerprint density at radius 1 is 0.957 bits per heavy atom. The van der Waals surface area contributed by atoms with Crippen molar-refractivity contribution >= 4 is 23.2 Å². The summed E-state index contributed by atoms with van der Waals surface area (Å²) in [6, 6.07) is 17.1. The summed E-state index contributed by atoms with van der Waals surface area (Å²) in [5.74, 6) is 0.317. The second-order valence-electron chi connectivity index (χ2n) is 6.02. The molecule has 3 nitrogen and oxygen atoms in total. The zero-order valence-corrected chi connectivity index (χ0v) is 14.5. The fraction of sp³-hybridized carbons (Fsp3) is 0.316. The number of carbonyl (C=O) groups is 1. The normalized spacial score (nSPS) is 13.6. The second-order valence-corrected chi connectivity index (χ2v) is 6.45. The monoisotopic (exact) mass is 330 g/mol. The summed E-state index contributed by atoms with van der Waals surface area (Å²) < 4.78 is 0. The van der Waals surface area contributed by atoms with Crippen LogP contribution in [-0.4, -0.2) is 11.9 Å². The van der Waals surface area contributed by atoms with Gasteiger partial charge in [0.05, 0.1) is 6.04 Å². The number of carbonyl (C=O) groups excluding carboxylic acids is 1. The molecule has 4 heteroatoms. The van der Waals surface area contributed by atoms with E-state index in [1.807, 2.05) is 25.1 Å². The van der Waals surface area contributed by atoms with Crippen molar-refractivity contribution in [3.8, 4) is 0 Å². The van der Waals surface area contributed by atoms with E-state index in [1.165, 1.54) is 5.56 Å². The molecular weight excluding hydrogens is 308 g/mol. The Labute approximate surface area is 143 Å². The molecule has 0 heterocycles. The first-order chi connectivity index (χ1) is 11.0. The van der Waals surface area contributed by atoms with Gasteiger partial charge in [-0.25, -0.2) is 0 Å². The van der Waals surface area contributed by atoms with E-state index in [9.17, 15) is 4.79 Å². The summed E-state index contributed by atoms with van der Waals surface area (Å²) in [4.78, 5) is 12.4. The van der Waals surface area contributed by atoms with E-state index in [2.05, 4.69) is 36.6 Å². The van der Waals surface area contributed by atoms with Crippen molar-refractivity contribution in [3.63, 3.8) is 0 Å².